The van der Waals surface area contributed by atoms with E-state index in [1.54, 1.807) is 0 Å². The molecule has 2 aliphatic heterocycles. The van der Waals surface area contributed by atoms with E-state index in [0.717, 1.165) is 45.3 Å². The zero-order valence-corrected chi connectivity index (χ0v) is 46.5. The monoisotopic (exact) mass is 1090 g/mol. The van der Waals surface area contributed by atoms with Crippen molar-refractivity contribution in [3.63, 3.8) is 0 Å². The maximum Gasteiger partial charge on any atom is 0.132 e. The van der Waals surface area contributed by atoms with Crippen molar-refractivity contribution in [2.45, 2.75) is 26.0 Å². The standard InChI is InChI=1S/C81H51NOS/c1-3-26-52(27-4-1)79(53-28-5-2-6-29-53)59-35-11-7-31-56(59)76-55(34-23-42-66(76)79)54-30-10-18-45-69(54)82(70-46-24-43-67-77(70)57-32-8-12-36-60(57)80(67)62-38-14-19-48-72(62)83-73-49-20-15-39-63(73)80)71-47-25-44-68-78(71)58-33-9-13-37-61(58)81(68)64-40-16-21-50-74(64)84-75-51-22-17-41-65(75)81/h1-51H. The number of ether oxygens (including phenoxy) is 1. The molecule has 0 aromatic heterocycles. The number of anilines is 3. The number of hydrogen-bond donors (Lipinski definition) is 0. The van der Waals surface area contributed by atoms with Crippen molar-refractivity contribution in [2.75, 3.05) is 4.90 Å². The molecule has 13 aromatic carbocycles. The normalized spacial score (nSPS) is 14.8. The maximum atomic E-state index is 6.88. The first-order valence-electron chi connectivity index (χ1n) is 29.2. The van der Waals surface area contributed by atoms with Gasteiger partial charge in [-0.3, -0.25) is 0 Å². The first kappa shape index (κ1) is 47.4. The number of para-hydroxylation sites is 3. The molecular weight excluding hydrogens is 1030 g/mol. The van der Waals surface area contributed by atoms with Gasteiger partial charge in [-0.25, -0.2) is 0 Å². The van der Waals surface area contributed by atoms with Crippen LogP contribution in [0.2, 0.25) is 0 Å². The summed E-state index contributed by atoms with van der Waals surface area (Å²) in [5.74, 6) is 1.75. The highest BCUT2D eigenvalue weighted by molar-refractivity contribution is 7.99. The van der Waals surface area contributed by atoms with Gasteiger partial charge in [0.15, 0.2) is 0 Å². The first-order chi connectivity index (χ1) is 41.7. The average molecular weight is 1090 g/mol. The SMILES string of the molecule is c1ccc(C2(c3ccccc3)c3ccccc3-c3c(-c4ccccc4N(c4cccc5c4-c4ccccc4C54c5ccccc5Oc5ccccc54)c4cccc5c4-c4ccccc4C54c5ccccc5Sc5ccccc54)cccc32)cc1. The second-order valence-electron chi connectivity index (χ2n) is 22.8. The zero-order valence-electron chi connectivity index (χ0n) is 45.7. The molecule has 0 saturated heterocycles. The van der Waals surface area contributed by atoms with Crippen LogP contribution in [0.5, 0.6) is 11.5 Å². The molecule has 0 bridgehead atoms. The molecule has 0 amide bonds. The van der Waals surface area contributed by atoms with Crippen LogP contribution in [-0.4, -0.2) is 0 Å². The summed E-state index contributed by atoms with van der Waals surface area (Å²) in [6, 6.07) is 116. The maximum absolute atomic E-state index is 6.88. The molecule has 392 valence electrons. The van der Waals surface area contributed by atoms with Crippen LogP contribution < -0.4 is 9.64 Å². The Bertz CT molecular complexity index is 4560. The molecule has 0 unspecified atom stereocenters. The van der Waals surface area contributed by atoms with Crippen LogP contribution in [-0.2, 0) is 16.2 Å². The topological polar surface area (TPSA) is 12.5 Å². The smallest absolute Gasteiger partial charge is 0.132 e. The summed E-state index contributed by atoms with van der Waals surface area (Å²) in [6.45, 7) is 0. The number of benzene rings is 13. The second kappa shape index (κ2) is 17.9. The van der Waals surface area contributed by atoms with Crippen molar-refractivity contribution < 1.29 is 4.74 Å². The van der Waals surface area contributed by atoms with E-state index in [2.05, 4.69) is 314 Å². The van der Waals surface area contributed by atoms with Crippen LogP contribution in [0, 0.1) is 0 Å². The van der Waals surface area contributed by atoms with Gasteiger partial charge in [0.1, 0.15) is 11.5 Å². The Morgan fingerprint density at radius 2 is 0.560 bits per heavy atom. The average Bonchev–Trinajstić information content (AvgIpc) is 1.61. The van der Waals surface area contributed by atoms with Gasteiger partial charge < -0.3 is 9.64 Å². The van der Waals surface area contributed by atoms with Gasteiger partial charge in [0, 0.05) is 37.6 Å². The summed E-state index contributed by atoms with van der Waals surface area (Å²) >= 11 is 1.89. The van der Waals surface area contributed by atoms with Crippen molar-refractivity contribution in [1.29, 1.82) is 0 Å². The van der Waals surface area contributed by atoms with Crippen molar-refractivity contribution in [2.24, 2.45) is 0 Å². The highest BCUT2D eigenvalue weighted by atomic mass is 32.2. The van der Waals surface area contributed by atoms with Gasteiger partial charge in [-0.05, 0) is 126 Å². The Morgan fingerprint density at radius 3 is 1.08 bits per heavy atom. The zero-order chi connectivity index (χ0) is 55.1. The molecule has 3 aliphatic carbocycles. The Morgan fingerprint density at radius 1 is 0.226 bits per heavy atom. The van der Waals surface area contributed by atoms with Gasteiger partial charge in [-0.2, -0.15) is 0 Å². The van der Waals surface area contributed by atoms with Gasteiger partial charge in [-0.1, -0.05) is 279 Å². The minimum Gasteiger partial charge on any atom is -0.457 e. The first-order valence-corrected chi connectivity index (χ1v) is 30.0. The van der Waals surface area contributed by atoms with E-state index in [1.165, 1.54) is 104 Å². The Kier molecular flexibility index (Phi) is 10.1. The van der Waals surface area contributed by atoms with Crippen molar-refractivity contribution >= 4 is 28.8 Å². The molecule has 0 N–H and O–H groups in total. The molecule has 2 spiro atoms. The van der Waals surface area contributed by atoms with E-state index in [9.17, 15) is 0 Å². The fourth-order valence-electron chi connectivity index (χ4n) is 16.1. The van der Waals surface area contributed by atoms with Crippen LogP contribution in [0.25, 0.3) is 44.5 Å². The van der Waals surface area contributed by atoms with E-state index in [0.29, 0.717) is 0 Å². The predicted octanol–water partition coefficient (Wildman–Crippen LogP) is 20.5. The van der Waals surface area contributed by atoms with Gasteiger partial charge in [0.2, 0.25) is 0 Å². The quantitative estimate of drug-likeness (QED) is 0.165. The predicted molar refractivity (Wildman–Crippen MR) is 343 cm³/mol. The molecule has 18 rings (SSSR count). The molecule has 0 atom stereocenters. The van der Waals surface area contributed by atoms with Crippen LogP contribution in [0.15, 0.2) is 319 Å². The van der Waals surface area contributed by atoms with Crippen molar-refractivity contribution in [3.05, 3.63) is 376 Å². The lowest BCUT2D eigenvalue weighted by Gasteiger charge is -2.40. The molecule has 5 aliphatic rings. The van der Waals surface area contributed by atoms with Crippen LogP contribution in [0.4, 0.5) is 17.1 Å². The molecule has 84 heavy (non-hydrogen) atoms. The Hall–Kier alpha value is -10.2. The van der Waals surface area contributed by atoms with E-state index in [-0.39, 0.29) is 0 Å². The van der Waals surface area contributed by atoms with Crippen LogP contribution in [0.3, 0.4) is 0 Å². The molecule has 0 radical (unpaired) electrons. The molecule has 13 aromatic rings. The lowest BCUT2D eigenvalue weighted by atomic mass is 9.66. The summed E-state index contributed by atoms with van der Waals surface area (Å²) in [5, 5.41) is 0. The fourth-order valence-corrected chi connectivity index (χ4v) is 17.3. The highest BCUT2D eigenvalue weighted by Crippen LogP contribution is 2.68. The van der Waals surface area contributed by atoms with Gasteiger partial charge >= 0.3 is 0 Å². The molecule has 3 heteroatoms. The molecule has 0 fully saturated rings. The van der Waals surface area contributed by atoms with Crippen molar-refractivity contribution in [1.82, 2.24) is 0 Å². The second-order valence-corrected chi connectivity index (χ2v) is 23.9. The molecule has 0 saturated carbocycles. The Balaban J connectivity index is 0.973. The van der Waals surface area contributed by atoms with Gasteiger partial charge in [-0.15, -0.1) is 0 Å². The van der Waals surface area contributed by atoms with E-state index < -0.39 is 16.2 Å². The number of fused-ring (bicyclic) bond motifs is 21. The van der Waals surface area contributed by atoms with E-state index in [4.69, 9.17) is 4.74 Å². The summed E-state index contributed by atoms with van der Waals surface area (Å²) in [5.41, 5.74) is 26.2. The third-order valence-corrected chi connectivity index (χ3v) is 20.2. The van der Waals surface area contributed by atoms with Crippen LogP contribution in [0.1, 0.15) is 66.8 Å². The van der Waals surface area contributed by atoms with Crippen LogP contribution >= 0.6 is 11.8 Å². The molecule has 2 heterocycles. The van der Waals surface area contributed by atoms with Gasteiger partial charge in [0.05, 0.1) is 33.3 Å². The lowest BCUT2D eigenvalue weighted by molar-refractivity contribution is 0.436. The third kappa shape index (κ3) is 6.06. The van der Waals surface area contributed by atoms with Gasteiger partial charge in [0.25, 0.3) is 0 Å². The van der Waals surface area contributed by atoms with E-state index in [1.807, 2.05) is 11.8 Å². The summed E-state index contributed by atoms with van der Waals surface area (Å²) in [6.07, 6.45) is 0. The number of rotatable bonds is 6. The number of hydrogen-bond acceptors (Lipinski definition) is 3. The largest absolute Gasteiger partial charge is 0.457 e. The lowest BCUT2D eigenvalue weighted by Crippen LogP contribution is -2.32. The Labute approximate surface area is 493 Å². The highest BCUT2D eigenvalue weighted by Gasteiger charge is 2.54. The summed E-state index contributed by atoms with van der Waals surface area (Å²) in [7, 11) is 0. The molecule has 2 nitrogen and oxygen atoms in total. The fraction of sp³-hybridized carbons (Fsp3) is 0.0370. The van der Waals surface area contributed by atoms with E-state index >= 15 is 0 Å². The number of nitrogens with zero attached hydrogens (tertiary/aromatic N) is 1. The minimum atomic E-state index is -0.677. The minimum absolute atomic E-state index is 0.573. The summed E-state index contributed by atoms with van der Waals surface area (Å²) in [4.78, 5) is 5.23. The molecular formula is C81H51NOS. The van der Waals surface area contributed by atoms with Crippen molar-refractivity contribution in [3.8, 4) is 56.0 Å². The summed E-state index contributed by atoms with van der Waals surface area (Å²) < 4.78 is 6.88. The third-order valence-electron chi connectivity index (χ3n) is 19.1.